The van der Waals surface area contributed by atoms with E-state index in [1.54, 1.807) is 0 Å². The molecule has 0 aliphatic heterocycles. The normalized spacial score (nSPS) is 10.3. The summed E-state index contributed by atoms with van der Waals surface area (Å²) in [6.45, 7) is 8.00. The Kier molecular flexibility index (Phi) is 32.8. The molecule has 0 aliphatic rings. The van der Waals surface area contributed by atoms with Crippen molar-refractivity contribution in [1.82, 2.24) is 0 Å². The van der Waals surface area contributed by atoms with E-state index in [0.29, 0.717) is 6.79 Å². The SMILES string of the molecule is [CH2-]C/C=C\CCOCOCCCCCCCCC.[I-].[Mg+2]. The summed E-state index contributed by atoms with van der Waals surface area (Å²) in [7, 11) is 0. The number of hydrogen-bond donors (Lipinski definition) is 0. The molecule has 0 rings (SSSR count). The van der Waals surface area contributed by atoms with E-state index >= 15 is 0 Å². The van der Waals surface area contributed by atoms with Crippen LogP contribution in [0.3, 0.4) is 0 Å². The fourth-order valence-electron chi connectivity index (χ4n) is 1.73. The predicted molar refractivity (Wildman–Crippen MR) is 84.2 cm³/mol. The van der Waals surface area contributed by atoms with Gasteiger partial charge in [0.1, 0.15) is 6.79 Å². The van der Waals surface area contributed by atoms with Crippen molar-refractivity contribution in [2.45, 2.75) is 64.7 Å². The van der Waals surface area contributed by atoms with Crippen LogP contribution in [0.4, 0.5) is 0 Å². The van der Waals surface area contributed by atoms with Crippen molar-refractivity contribution in [3.63, 3.8) is 0 Å². The Morgan fingerprint density at radius 2 is 1.45 bits per heavy atom. The van der Waals surface area contributed by atoms with Crippen LogP contribution in [-0.4, -0.2) is 43.1 Å². The van der Waals surface area contributed by atoms with Crippen LogP contribution >= 0.6 is 0 Å². The molecule has 0 unspecified atom stereocenters. The maximum atomic E-state index is 5.41. The average molecular weight is 407 g/mol. The van der Waals surface area contributed by atoms with Crippen LogP contribution in [-0.2, 0) is 9.47 Å². The molecule has 0 amide bonds. The first kappa shape index (κ1) is 26.1. The van der Waals surface area contributed by atoms with E-state index in [1.807, 2.05) is 0 Å². The molecule has 0 fully saturated rings. The zero-order chi connectivity index (χ0) is 13.3. The molecule has 0 heterocycles. The molecular formula is C16H31IMgO2. The van der Waals surface area contributed by atoms with Crippen LogP contribution in [0.1, 0.15) is 64.7 Å². The molecule has 0 N–H and O–H groups in total. The molecule has 0 bridgehead atoms. The second kappa shape index (κ2) is 25.1. The zero-order valence-electron chi connectivity index (χ0n) is 13.2. The van der Waals surface area contributed by atoms with Gasteiger partial charge in [0.15, 0.2) is 0 Å². The Hall–Kier alpha value is 1.16. The van der Waals surface area contributed by atoms with E-state index in [9.17, 15) is 0 Å². The summed E-state index contributed by atoms with van der Waals surface area (Å²) in [5.41, 5.74) is 0. The van der Waals surface area contributed by atoms with Crippen molar-refractivity contribution in [2.24, 2.45) is 0 Å². The van der Waals surface area contributed by atoms with Crippen LogP contribution in [0.15, 0.2) is 12.2 Å². The maximum absolute atomic E-state index is 5.41. The smallest absolute Gasteiger partial charge is 1.00 e. The fourth-order valence-corrected chi connectivity index (χ4v) is 1.73. The van der Waals surface area contributed by atoms with E-state index in [1.165, 1.54) is 38.5 Å². The number of unbranched alkanes of at least 4 members (excludes halogenated alkanes) is 6. The van der Waals surface area contributed by atoms with Gasteiger partial charge in [0.25, 0.3) is 0 Å². The topological polar surface area (TPSA) is 18.5 Å². The average Bonchev–Trinajstić information content (AvgIpc) is 2.39. The van der Waals surface area contributed by atoms with Gasteiger partial charge in [-0.05, 0) is 12.8 Å². The fraction of sp³-hybridized carbons (Fsp3) is 0.812. The molecule has 0 saturated carbocycles. The summed E-state index contributed by atoms with van der Waals surface area (Å²) >= 11 is 0. The van der Waals surface area contributed by atoms with Gasteiger partial charge in [0.05, 0.1) is 6.61 Å². The Bertz CT molecular complexity index is 178. The van der Waals surface area contributed by atoms with E-state index < -0.39 is 0 Å². The first-order valence-electron chi connectivity index (χ1n) is 7.51. The summed E-state index contributed by atoms with van der Waals surface area (Å²) in [5.74, 6) is 0. The van der Waals surface area contributed by atoms with Crippen LogP contribution in [0.5, 0.6) is 0 Å². The molecule has 116 valence electrons. The molecule has 0 spiro atoms. The molecule has 20 heavy (non-hydrogen) atoms. The van der Waals surface area contributed by atoms with Gasteiger partial charge in [-0.3, -0.25) is 0 Å². The van der Waals surface area contributed by atoms with Crippen LogP contribution in [0.25, 0.3) is 0 Å². The number of rotatable bonds is 14. The predicted octanol–water partition coefficient (Wildman–Crippen LogP) is 1.52. The van der Waals surface area contributed by atoms with Gasteiger partial charge in [0.2, 0.25) is 0 Å². The molecule has 0 radical (unpaired) electrons. The van der Waals surface area contributed by atoms with E-state index in [-0.39, 0.29) is 47.0 Å². The van der Waals surface area contributed by atoms with Crippen molar-refractivity contribution >= 4 is 23.1 Å². The molecule has 4 heteroatoms. The molecule has 0 aromatic carbocycles. The van der Waals surface area contributed by atoms with Crippen molar-refractivity contribution in [1.29, 1.82) is 0 Å². The van der Waals surface area contributed by atoms with Gasteiger partial charge in [-0.2, -0.15) is 6.42 Å². The molecule has 0 atom stereocenters. The van der Waals surface area contributed by atoms with Crippen molar-refractivity contribution in [3.05, 3.63) is 19.1 Å². The third-order valence-electron chi connectivity index (χ3n) is 2.82. The largest absolute Gasteiger partial charge is 2.00 e. The van der Waals surface area contributed by atoms with E-state index in [0.717, 1.165) is 32.5 Å². The minimum atomic E-state index is 0. The monoisotopic (exact) mass is 406 g/mol. The first-order valence-corrected chi connectivity index (χ1v) is 7.51. The summed E-state index contributed by atoms with van der Waals surface area (Å²) in [6.07, 6.45) is 15.2. The van der Waals surface area contributed by atoms with Gasteiger partial charge >= 0.3 is 23.1 Å². The van der Waals surface area contributed by atoms with Gasteiger partial charge in [-0.15, -0.1) is 6.08 Å². The van der Waals surface area contributed by atoms with Crippen LogP contribution in [0, 0.1) is 6.92 Å². The molecule has 0 saturated heterocycles. The Morgan fingerprint density at radius 1 is 0.850 bits per heavy atom. The second-order valence-corrected chi connectivity index (χ2v) is 4.60. The van der Waals surface area contributed by atoms with E-state index in [2.05, 4.69) is 26.0 Å². The summed E-state index contributed by atoms with van der Waals surface area (Å²) in [5, 5.41) is 0. The summed E-state index contributed by atoms with van der Waals surface area (Å²) in [4.78, 5) is 0. The van der Waals surface area contributed by atoms with Crippen molar-refractivity contribution in [3.8, 4) is 0 Å². The minimum Gasteiger partial charge on any atom is -1.00 e. The van der Waals surface area contributed by atoms with Gasteiger partial charge < -0.3 is 40.4 Å². The van der Waals surface area contributed by atoms with Crippen molar-refractivity contribution < 1.29 is 33.5 Å². The van der Waals surface area contributed by atoms with Gasteiger partial charge in [0, 0.05) is 6.61 Å². The third kappa shape index (κ3) is 24.2. The third-order valence-corrected chi connectivity index (χ3v) is 2.82. The van der Waals surface area contributed by atoms with Gasteiger partial charge in [-0.1, -0.05) is 51.5 Å². The zero-order valence-corrected chi connectivity index (χ0v) is 16.8. The van der Waals surface area contributed by atoms with Crippen LogP contribution < -0.4 is 24.0 Å². The number of halogens is 1. The molecule has 0 aromatic heterocycles. The Morgan fingerprint density at radius 3 is 2.10 bits per heavy atom. The molecule has 0 aliphatic carbocycles. The second-order valence-electron chi connectivity index (χ2n) is 4.60. The van der Waals surface area contributed by atoms with Crippen LogP contribution in [0.2, 0.25) is 0 Å². The number of ether oxygens (including phenoxy) is 2. The van der Waals surface area contributed by atoms with E-state index in [4.69, 9.17) is 9.47 Å². The Balaban J connectivity index is -0.00000144. The minimum absolute atomic E-state index is 0. The molecular weight excluding hydrogens is 375 g/mol. The standard InChI is InChI=1S/C16H31O2.HI.Mg/c1-3-5-7-9-10-11-13-15-18-16-17-14-12-8-6-4-2;;/h6,8H,2-5,7,9-16H2,1H3;1H;/q-1;;+2/p-1/b8-6-;;. The quantitative estimate of drug-likeness (QED) is 0.109. The van der Waals surface area contributed by atoms with Gasteiger partial charge in [-0.25, -0.2) is 0 Å². The molecule has 2 nitrogen and oxygen atoms in total. The summed E-state index contributed by atoms with van der Waals surface area (Å²) < 4.78 is 10.8. The first-order chi connectivity index (χ1) is 8.91. The number of hydrogen-bond acceptors (Lipinski definition) is 2. The number of allylic oxidation sites excluding steroid dienone is 1. The maximum Gasteiger partial charge on any atom is 2.00 e. The molecule has 0 aromatic rings. The van der Waals surface area contributed by atoms with Crippen molar-refractivity contribution in [2.75, 3.05) is 20.0 Å². The summed E-state index contributed by atoms with van der Waals surface area (Å²) in [6, 6.07) is 0. The Labute approximate surface area is 159 Å².